The Hall–Kier alpha value is -0.660. The predicted molar refractivity (Wildman–Crippen MR) is 68.8 cm³/mol. The lowest BCUT2D eigenvalue weighted by Gasteiger charge is -2.25. The minimum absolute atomic E-state index is 0.323. The van der Waals surface area contributed by atoms with Gasteiger partial charge in [-0.15, -0.1) is 0 Å². The summed E-state index contributed by atoms with van der Waals surface area (Å²) >= 11 is 4.65. The highest BCUT2D eigenvalue weighted by Gasteiger charge is 2.21. The van der Waals surface area contributed by atoms with Gasteiger partial charge >= 0.3 is 5.97 Å². The summed E-state index contributed by atoms with van der Waals surface area (Å²) in [5, 5.41) is 0.836. The molecule has 1 fully saturated rings. The molecule has 0 spiro atoms. The molecule has 0 amide bonds. The van der Waals surface area contributed by atoms with Gasteiger partial charge in [-0.25, -0.2) is 9.78 Å². The maximum Gasteiger partial charge on any atom is 0.351 e. The van der Waals surface area contributed by atoms with Crippen molar-refractivity contribution < 1.29 is 14.3 Å². The molecule has 0 aliphatic carbocycles. The fraction of sp³-hybridized carbons (Fsp3) is 0.600. The van der Waals surface area contributed by atoms with Crippen LogP contribution in [0.5, 0.6) is 0 Å². The van der Waals surface area contributed by atoms with Crippen molar-refractivity contribution in [3.63, 3.8) is 0 Å². The Morgan fingerprint density at radius 3 is 2.94 bits per heavy atom. The van der Waals surface area contributed by atoms with Crippen LogP contribution in [-0.2, 0) is 9.47 Å². The number of hydrogen-bond acceptors (Lipinski definition) is 6. The number of hydrogen-bond donors (Lipinski definition) is 0. The summed E-state index contributed by atoms with van der Waals surface area (Å²) in [7, 11) is 0. The third-order valence-corrected chi connectivity index (χ3v) is 4.25. The predicted octanol–water partition coefficient (Wildman–Crippen LogP) is 1.92. The summed E-state index contributed by atoms with van der Waals surface area (Å²) in [6, 6.07) is 0. The van der Waals surface area contributed by atoms with Gasteiger partial charge in [0.15, 0.2) is 5.13 Å². The number of aromatic nitrogens is 1. The second kappa shape index (κ2) is 5.79. The summed E-state index contributed by atoms with van der Waals surface area (Å²) in [6.45, 7) is 5.17. The molecule has 0 radical (unpaired) electrons. The molecule has 0 atom stereocenters. The molecule has 2 rings (SSSR count). The van der Waals surface area contributed by atoms with Gasteiger partial charge in [-0.3, -0.25) is 0 Å². The average Bonchev–Trinajstić information content (AvgIpc) is 2.73. The molecule has 0 aromatic carbocycles. The standard InChI is InChI=1S/C10H13BrN2O3S/c1-2-16-9(14)7-8(11)12-10(17-7)13-3-5-15-6-4-13/h2-6H2,1H3. The normalized spacial score (nSPS) is 16.0. The van der Waals surface area contributed by atoms with Crippen molar-refractivity contribution in [2.45, 2.75) is 6.92 Å². The van der Waals surface area contributed by atoms with Crippen molar-refractivity contribution >= 4 is 38.4 Å². The van der Waals surface area contributed by atoms with Gasteiger partial charge in [0, 0.05) is 13.1 Å². The van der Waals surface area contributed by atoms with Crippen LogP contribution in [0.25, 0.3) is 0 Å². The number of morpholine rings is 1. The van der Waals surface area contributed by atoms with E-state index in [0.717, 1.165) is 18.2 Å². The van der Waals surface area contributed by atoms with E-state index in [2.05, 4.69) is 25.8 Å². The molecule has 5 nitrogen and oxygen atoms in total. The summed E-state index contributed by atoms with van der Waals surface area (Å²) in [5.41, 5.74) is 0. The van der Waals surface area contributed by atoms with Gasteiger partial charge in [0.25, 0.3) is 0 Å². The molecular weight excluding hydrogens is 308 g/mol. The molecule has 0 bridgehead atoms. The van der Waals surface area contributed by atoms with Crippen LogP contribution in [-0.4, -0.2) is 43.9 Å². The van der Waals surface area contributed by atoms with Gasteiger partial charge in [-0.05, 0) is 22.9 Å². The minimum atomic E-state index is -0.323. The quantitative estimate of drug-likeness (QED) is 0.796. The monoisotopic (exact) mass is 320 g/mol. The largest absolute Gasteiger partial charge is 0.462 e. The van der Waals surface area contributed by atoms with Crippen molar-refractivity contribution in [2.75, 3.05) is 37.8 Å². The average molecular weight is 321 g/mol. The van der Waals surface area contributed by atoms with E-state index < -0.39 is 0 Å². The first-order valence-electron chi connectivity index (χ1n) is 5.38. The maximum atomic E-state index is 11.6. The Labute approximate surface area is 112 Å². The van der Waals surface area contributed by atoms with Gasteiger partial charge < -0.3 is 14.4 Å². The zero-order valence-electron chi connectivity index (χ0n) is 9.44. The lowest BCUT2D eigenvalue weighted by atomic mass is 10.5. The van der Waals surface area contributed by atoms with E-state index >= 15 is 0 Å². The number of rotatable bonds is 3. The van der Waals surface area contributed by atoms with E-state index in [1.54, 1.807) is 6.92 Å². The molecule has 17 heavy (non-hydrogen) atoms. The van der Waals surface area contributed by atoms with E-state index in [1.807, 2.05) is 0 Å². The highest BCUT2D eigenvalue weighted by atomic mass is 79.9. The lowest BCUT2D eigenvalue weighted by Crippen LogP contribution is -2.36. The first-order valence-corrected chi connectivity index (χ1v) is 6.99. The molecule has 2 heterocycles. The molecule has 1 aromatic rings. The SMILES string of the molecule is CCOC(=O)c1sc(N2CCOCC2)nc1Br. The Morgan fingerprint density at radius 2 is 2.29 bits per heavy atom. The summed E-state index contributed by atoms with van der Waals surface area (Å²) in [6.07, 6.45) is 0. The van der Waals surface area contributed by atoms with Crippen molar-refractivity contribution in [1.82, 2.24) is 4.98 Å². The van der Waals surface area contributed by atoms with Crippen LogP contribution in [0.15, 0.2) is 4.60 Å². The third-order valence-electron chi connectivity index (χ3n) is 2.32. The number of halogens is 1. The lowest BCUT2D eigenvalue weighted by molar-refractivity contribution is 0.0531. The van der Waals surface area contributed by atoms with E-state index in [9.17, 15) is 4.79 Å². The van der Waals surface area contributed by atoms with Crippen LogP contribution >= 0.6 is 27.3 Å². The molecular formula is C10H13BrN2O3S. The molecule has 7 heteroatoms. The van der Waals surface area contributed by atoms with E-state index in [0.29, 0.717) is 29.3 Å². The molecule has 1 aliphatic rings. The van der Waals surface area contributed by atoms with Gasteiger partial charge in [0.05, 0.1) is 19.8 Å². The number of anilines is 1. The number of thiazole rings is 1. The number of nitrogens with zero attached hydrogens (tertiary/aromatic N) is 2. The molecule has 0 unspecified atom stereocenters. The Bertz CT molecular complexity index is 404. The molecule has 94 valence electrons. The zero-order valence-corrected chi connectivity index (χ0v) is 11.8. The van der Waals surface area contributed by atoms with Crippen LogP contribution in [0, 0.1) is 0 Å². The van der Waals surface area contributed by atoms with Crippen molar-refractivity contribution in [3.8, 4) is 0 Å². The van der Waals surface area contributed by atoms with Gasteiger partial charge in [-0.2, -0.15) is 0 Å². The highest BCUT2D eigenvalue weighted by molar-refractivity contribution is 9.10. The number of ether oxygens (including phenoxy) is 2. The van der Waals surface area contributed by atoms with Crippen molar-refractivity contribution in [1.29, 1.82) is 0 Å². The van der Waals surface area contributed by atoms with Gasteiger partial charge in [0.1, 0.15) is 9.48 Å². The number of esters is 1. The maximum absolute atomic E-state index is 11.6. The van der Waals surface area contributed by atoms with Gasteiger partial charge in [0.2, 0.25) is 0 Å². The van der Waals surface area contributed by atoms with E-state index in [1.165, 1.54) is 11.3 Å². The second-order valence-electron chi connectivity index (χ2n) is 3.44. The highest BCUT2D eigenvalue weighted by Crippen LogP contribution is 2.30. The Morgan fingerprint density at radius 1 is 1.59 bits per heavy atom. The zero-order chi connectivity index (χ0) is 12.3. The molecule has 0 saturated carbocycles. The fourth-order valence-corrected chi connectivity index (χ4v) is 3.10. The number of carbonyl (C=O) groups is 1. The van der Waals surface area contributed by atoms with Crippen LogP contribution in [0.1, 0.15) is 16.6 Å². The van der Waals surface area contributed by atoms with Crippen LogP contribution in [0.2, 0.25) is 0 Å². The summed E-state index contributed by atoms with van der Waals surface area (Å²) in [5.74, 6) is -0.323. The van der Waals surface area contributed by atoms with Crippen LogP contribution < -0.4 is 4.90 Å². The third kappa shape index (κ3) is 2.97. The second-order valence-corrected chi connectivity index (χ2v) is 5.16. The first-order chi connectivity index (χ1) is 8.22. The summed E-state index contributed by atoms with van der Waals surface area (Å²) < 4.78 is 10.8. The Kier molecular flexibility index (Phi) is 4.36. The number of carbonyl (C=O) groups excluding carboxylic acids is 1. The molecule has 0 N–H and O–H groups in total. The molecule has 1 aliphatic heterocycles. The molecule has 1 aromatic heterocycles. The van der Waals surface area contributed by atoms with Crippen LogP contribution in [0.3, 0.4) is 0 Å². The molecule has 1 saturated heterocycles. The van der Waals surface area contributed by atoms with Crippen LogP contribution in [0.4, 0.5) is 5.13 Å². The summed E-state index contributed by atoms with van der Waals surface area (Å²) in [4.78, 5) is 18.6. The van der Waals surface area contributed by atoms with Crippen molar-refractivity contribution in [2.24, 2.45) is 0 Å². The Balaban J connectivity index is 2.14. The van der Waals surface area contributed by atoms with E-state index in [-0.39, 0.29) is 5.97 Å². The fourth-order valence-electron chi connectivity index (χ4n) is 1.50. The minimum Gasteiger partial charge on any atom is -0.462 e. The van der Waals surface area contributed by atoms with Crippen molar-refractivity contribution in [3.05, 3.63) is 9.48 Å². The van der Waals surface area contributed by atoms with E-state index in [4.69, 9.17) is 9.47 Å². The van der Waals surface area contributed by atoms with Gasteiger partial charge in [-0.1, -0.05) is 11.3 Å². The smallest absolute Gasteiger partial charge is 0.351 e. The first kappa shape index (κ1) is 12.8. The topological polar surface area (TPSA) is 51.7 Å².